The molecule has 1 aromatic carbocycles. The summed E-state index contributed by atoms with van der Waals surface area (Å²) in [6, 6.07) is 4.89. The van der Waals surface area contributed by atoms with E-state index in [0.29, 0.717) is 22.2 Å². The molecule has 0 fully saturated rings. The molecule has 100 valence electrons. The Balaban J connectivity index is 2.37. The van der Waals surface area contributed by atoms with Gasteiger partial charge in [0.15, 0.2) is 0 Å². The first-order valence-corrected chi connectivity index (χ1v) is 6.68. The highest BCUT2D eigenvalue weighted by Gasteiger charge is 2.20. The number of fused-ring (bicyclic) bond motifs is 1. The van der Waals surface area contributed by atoms with E-state index in [9.17, 15) is 10.1 Å². The number of anilines is 1. The molecule has 8 heteroatoms. The highest BCUT2D eigenvalue weighted by atomic mass is 127. The van der Waals surface area contributed by atoms with Crippen LogP contribution in [-0.2, 0) is 0 Å². The van der Waals surface area contributed by atoms with E-state index in [-0.39, 0.29) is 11.6 Å². The van der Waals surface area contributed by atoms with Crippen LogP contribution in [0, 0.1) is 13.7 Å². The van der Waals surface area contributed by atoms with Crippen molar-refractivity contribution in [2.45, 2.75) is 0 Å². The number of rotatable bonds is 2. The SMILES string of the molecule is Nc1ncc(I)c(-c2c[nH]c3cccc([N+](=O)[O-])c23)n1. The highest BCUT2D eigenvalue weighted by molar-refractivity contribution is 14.1. The monoisotopic (exact) mass is 381 g/mol. The van der Waals surface area contributed by atoms with Gasteiger partial charge in [0, 0.05) is 24.0 Å². The zero-order valence-corrected chi connectivity index (χ0v) is 12.2. The van der Waals surface area contributed by atoms with Crippen LogP contribution in [0.4, 0.5) is 11.6 Å². The molecule has 3 rings (SSSR count). The van der Waals surface area contributed by atoms with Gasteiger partial charge in [0.2, 0.25) is 5.95 Å². The fourth-order valence-electron chi connectivity index (χ4n) is 2.07. The van der Waals surface area contributed by atoms with E-state index in [2.05, 4.69) is 37.5 Å². The molecule has 3 aromatic rings. The minimum absolute atomic E-state index is 0.0340. The van der Waals surface area contributed by atoms with Crippen LogP contribution in [0.5, 0.6) is 0 Å². The summed E-state index contributed by atoms with van der Waals surface area (Å²) in [6.07, 6.45) is 3.29. The van der Waals surface area contributed by atoms with Crippen molar-refractivity contribution in [2.75, 3.05) is 5.73 Å². The number of aromatic amines is 1. The second-order valence-corrected chi connectivity index (χ2v) is 5.25. The third kappa shape index (κ3) is 1.97. The van der Waals surface area contributed by atoms with Crippen molar-refractivity contribution in [3.63, 3.8) is 0 Å². The molecule has 3 N–H and O–H groups in total. The summed E-state index contributed by atoms with van der Waals surface area (Å²) in [5.74, 6) is 0.133. The molecule has 7 nitrogen and oxygen atoms in total. The molecule has 0 bridgehead atoms. The number of nitro groups is 1. The van der Waals surface area contributed by atoms with E-state index in [1.165, 1.54) is 6.07 Å². The van der Waals surface area contributed by atoms with Gasteiger partial charge in [-0.2, -0.15) is 0 Å². The molecule has 0 amide bonds. The summed E-state index contributed by atoms with van der Waals surface area (Å²) in [5.41, 5.74) is 7.55. The molecule has 2 heterocycles. The number of hydrogen-bond acceptors (Lipinski definition) is 5. The van der Waals surface area contributed by atoms with Crippen molar-refractivity contribution >= 4 is 45.1 Å². The maximum absolute atomic E-state index is 11.2. The van der Waals surface area contributed by atoms with Crippen molar-refractivity contribution in [1.82, 2.24) is 15.0 Å². The lowest BCUT2D eigenvalue weighted by Crippen LogP contribution is -1.98. The quantitative estimate of drug-likeness (QED) is 0.403. The molecule has 0 radical (unpaired) electrons. The number of nitrogens with two attached hydrogens (primary N) is 1. The fraction of sp³-hybridized carbons (Fsp3) is 0. The predicted molar refractivity (Wildman–Crippen MR) is 83.1 cm³/mol. The normalized spacial score (nSPS) is 10.8. The van der Waals surface area contributed by atoms with Gasteiger partial charge < -0.3 is 10.7 Å². The minimum atomic E-state index is -0.406. The molecule has 2 aromatic heterocycles. The standard InChI is InChI=1S/C12H8IN5O2/c13-7-5-16-12(14)17-11(7)6-4-15-8-2-1-3-9(10(6)8)18(19)20/h1-5,15H,(H2,14,16,17). The summed E-state index contributed by atoms with van der Waals surface area (Å²) in [4.78, 5) is 21.9. The molecule has 0 saturated carbocycles. The second-order valence-electron chi connectivity index (χ2n) is 4.08. The van der Waals surface area contributed by atoms with E-state index < -0.39 is 4.92 Å². The van der Waals surface area contributed by atoms with Gasteiger partial charge in [0.05, 0.1) is 25.1 Å². The van der Waals surface area contributed by atoms with Crippen LogP contribution in [0.1, 0.15) is 0 Å². The lowest BCUT2D eigenvalue weighted by Gasteiger charge is -2.03. The molecule has 0 aliphatic rings. The maximum atomic E-state index is 11.2. The van der Waals surface area contributed by atoms with Gasteiger partial charge in [-0.25, -0.2) is 9.97 Å². The van der Waals surface area contributed by atoms with Crippen molar-refractivity contribution < 1.29 is 4.92 Å². The number of nitrogens with zero attached hydrogens (tertiary/aromatic N) is 3. The van der Waals surface area contributed by atoms with Gasteiger partial charge in [-0.1, -0.05) is 6.07 Å². The Morgan fingerprint density at radius 1 is 1.40 bits per heavy atom. The molecule has 0 aliphatic carbocycles. The predicted octanol–water partition coefficient (Wildman–Crippen LogP) is 2.72. The van der Waals surface area contributed by atoms with E-state index in [4.69, 9.17) is 5.73 Å². The van der Waals surface area contributed by atoms with Gasteiger partial charge in [0.25, 0.3) is 5.69 Å². The zero-order chi connectivity index (χ0) is 14.3. The number of hydrogen-bond donors (Lipinski definition) is 2. The van der Waals surface area contributed by atoms with Gasteiger partial charge >= 0.3 is 0 Å². The Kier molecular flexibility index (Phi) is 3.01. The molecule has 0 saturated heterocycles. The summed E-state index contributed by atoms with van der Waals surface area (Å²) in [7, 11) is 0. The Labute approximate surface area is 126 Å². The topological polar surface area (TPSA) is 111 Å². The Morgan fingerprint density at radius 2 is 2.20 bits per heavy atom. The number of non-ortho nitro benzene ring substituents is 1. The van der Waals surface area contributed by atoms with Gasteiger partial charge in [-0.15, -0.1) is 0 Å². The number of benzene rings is 1. The van der Waals surface area contributed by atoms with Gasteiger partial charge in [-0.05, 0) is 28.7 Å². The van der Waals surface area contributed by atoms with E-state index in [1.54, 1.807) is 24.5 Å². The Bertz CT molecular complexity index is 830. The smallest absolute Gasteiger partial charge is 0.279 e. The first-order chi connectivity index (χ1) is 9.58. The summed E-state index contributed by atoms with van der Waals surface area (Å²) in [6.45, 7) is 0. The first kappa shape index (κ1) is 12.8. The van der Waals surface area contributed by atoms with Crippen molar-refractivity contribution in [3.8, 4) is 11.3 Å². The molecule has 0 aliphatic heterocycles. The zero-order valence-electron chi connectivity index (χ0n) is 10.0. The van der Waals surface area contributed by atoms with E-state index >= 15 is 0 Å². The largest absolute Gasteiger partial charge is 0.368 e. The molecule has 0 atom stereocenters. The summed E-state index contributed by atoms with van der Waals surface area (Å²) in [5, 5.41) is 11.7. The third-order valence-corrected chi connectivity index (χ3v) is 3.69. The number of nitrogens with one attached hydrogen (secondary N) is 1. The van der Waals surface area contributed by atoms with Crippen molar-refractivity contribution in [2.24, 2.45) is 0 Å². The van der Waals surface area contributed by atoms with Crippen molar-refractivity contribution in [1.29, 1.82) is 0 Å². The molecule has 0 unspecified atom stereocenters. The van der Waals surface area contributed by atoms with Crippen LogP contribution >= 0.6 is 22.6 Å². The molecule has 20 heavy (non-hydrogen) atoms. The lowest BCUT2D eigenvalue weighted by molar-refractivity contribution is -0.383. The van der Waals surface area contributed by atoms with Crippen LogP contribution in [0.25, 0.3) is 22.2 Å². The molecule has 0 spiro atoms. The lowest BCUT2D eigenvalue weighted by atomic mass is 10.1. The van der Waals surface area contributed by atoms with E-state index in [1.807, 2.05) is 0 Å². The molecular weight excluding hydrogens is 373 g/mol. The van der Waals surface area contributed by atoms with Crippen LogP contribution in [0.2, 0.25) is 0 Å². The summed E-state index contributed by atoms with van der Waals surface area (Å²) < 4.78 is 0.774. The van der Waals surface area contributed by atoms with Crippen LogP contribution < -0.4 is 5.73 Å². The number of aromatic nitrogens is 3. The Morgan fingerprint density at radius 3 is 2.95 bits per heavy atom. The van der Waals surface area contributed by atoms with Gasteiger partial charge in [0.1, 0.15) is 0 Å². The third-order valence-electron chi connectivity index (χ3n) is 2.90. The summed E-state index contributed by atoms with van der Waals surface area (Å²) >= 11 is 2.08. The maximum Gasteiger partial charge on any atom is 0.279 e. The minimum Gasteiger partial charge on any atom is -0.368 e. The highest BCUT2D eigenvalue weighted by Crippen LogP contribution is 2.35. The fourth-order valence-corrected chi connectivity index (χ4v) is 2.62. The molecular formula is C12H8IN5O2. The van der Waals surface area contributed by atoms with Crippen LogP contribution in [-0.4, -0.2) is 19.9 Å². The number of halogens is 1. The average molecular weight is 381 g/mol. The average Bonchev–Trinajstić information content (AvgIpc) is 2.85. The first-order valence-electron chi connectivity index (χ1n) is 5.61. The van der Waals surface area contributed by atoms with Crippen LogP contribution in [0.3, 0.4) is 0 Å². The van der Waals surface area contributed by atoms with Crippen molar-refractivity contribution in [3.05, 3.63) is 44.3 Å². The van der Waals surface area contributed by atoms with Crippen LogP contribution in [0.15, 0.2) is 30.6 Å². The second kappa shape index (κ2) is 4.71. The van der Waals surface area contributed by atoms with Gasteiger partial charge in [-0.3, -0.25) is 10.1 Å². The number of nitrogen functional groups attached to an aromatic ring is 1. The Hall–Kier alpha value is -2.23. The number of H-pyrrole nitrogens is 1. The number of nitro benzene ring substituents is 1. The van der Waals surface area contributed by atoms with E-state index in [0.717, 1.165) is 3.57 Å².